The minimum absolute atomic E-state index is 0.0713. The summed E-state index contributed by atoms with van der Waals surface area (Å²) >= 11 is 0. The molecule has 6 rings (SSSR count). The summed E-state index contributed by atoms with van der Waals surface area (Å²) in [5.41, 5.74) is 3.45. The third-order valence-corrected chi connectivity index (χ3v) is 6.59. The van der Waals surface area contributed by atoms with Crippen molar-refractivity contribution in [3.05, 3.63) is 47.9 Å². The Bertz CT molecular complexity index is 1220. The number of aliphatic hydroxyl groups is 1. The number of carbonyl (C=O) groups is 1. The zero-order valence-corrected chi connectivity index (χ0v) is 18.9. The maximum absolute atomic E-state index is 13.1. The van der Waals surface area contributed by atoms with Crippen LogP contribution in [0.15, 0.2) is 36.8 Å². The Morgan fingerprint density at radius 2 is 2.12 bits per heavy atom. The van der Waals surface area contributed by atoms with E-state index in [1.54, 1.807) is 23.0 Å². The number of likely N-dealkylation sites (tertiary alicyclic amines) is 1. The number of hydrogen-bond donors (Lipinski definition) is 2. The largest absolute Gasteiger partial charge is 0.490 e. The van der Waals surface area contributed by atoms with Crippen LogP contribution in [-0.4, -0.2) is 81.9 Å². The Labute approximate surface area is 194 Å². The van der Waals surface area contributed by atoms with E-state index in [0.717, 1.165) is 30.5 Å². The Morgan fingerprint density at radius 1 is 1.29 bits per heavy atom. The maximum Gasteiger partial charge on any atom is 0.261 e. The molecule has 1 aromatic carbocycles. The molecule has 2 fully saturated rings. The average molecular weight is 472 g/mol. The number of alkyl halides is 2. The van der Waals surface area contributed by atoms with Crippen LogP contribution in [0, 0.1) is 0 Å². The number of hydrogen-bond acceptors (Lipinski definition) is 7. The zero-order chi connectivity index (χ0) is 24.0. The third kappa shape index (κ3) is 3.74. The summed E-state index contributed by atoms with van der Waals surface area (Å²) in [5, 5.41) is 14.2. The molecule has 3 atom stereocenters. The molecule has 0 radical (unpaired) electrons. The van der Waals surface area contributed by atoms with Crippen LogP contribution in [-0.2, 0) is 6.42 Å². The van der Waals surface area contributed by atoms with Crippen molar-refractivity contribution in [3.63, 3.8) is 0 Å². The Kier molecular flexibility index (Phi) is 5.82. The predicted octanol–water partition coefficient (Wildman–Crippen LogP) is 2.05. The van der Waals surface area contributed by atoms with Crippen molar-refractivity contribution >= 4 is 22.9 Å². The lowest BCUT2D eigenvalue weighted by Gasteiger charge is -2.63. The zero-order valence-electron chi connectivity index (χ0n) is 18.9. The predicted molar refractivity (Wildman–Crippen MR) is 122 cm³/mol. The van der Waals surface area contributed by atoms with Crippen LogP contribution in [0.4, 0.5) is 20.2 Å². The molecule has 0 spiro atoms. The smallest absolute Gasteiger partial charge is 0.261 e. The molecule has 5 heterocycles. The average Bonchev–Trinajstić information content (AvgIpc) is 3.40. The molecule has 2 aromatic heterocycles. The number of amides is 1. The summed E-state index contributed by atoms with van der Waals surface area (Å²) in [6, 6.07) is 5.98. The molecule has 180 valence electrons. The number of aliphatic hydroxyl groups excluding tert-OH is 1. The van der Waals surface area contributed by atoms with Gasteiger partial charge in [-0.25, -0.2) is 18.3 Å². The van der Waals surface area contributed by atoms with Gasteiger partial charge in [0.2, 0.25) is 0 Å². The van der Waals surface area contributed by atoms with E-state index in [4.69, 9.17) is 9.84 Å². The van der Waals surface area contributed by atoms with Crippen LogP contribution in [0.3, 0.4) is 0 Å². The molecule has 9 nitrogen and oxygen atoms in total. The number of piperazine rings is 1. The molecule has 34 heavy (non-hydrogen) atoms. The summed E-state index contributed by atoms with van der Waals surface area (Å²) < 4.78 is 33.0. The van der Waals surface area contributed by atoms with Crippen LogP contribution in [0.25, 0.3) is 5.65 Å². The summed E-state index contributed by atoms with van der Waals surface area (Å²) in [6.45, 7) is 3.06. The Hall–Kier alpha value is -3.31. The highest BCUT2D eigenvalue weighted by molar-refractivity contribution is 6.09. The third-order valence-electron chi connectivity index (χ3n) is 6.59. The molecule has 0 bridgehead atoms. The van der Waals surface area contributed by atoms with Gasteiger partial charge in [-0.2, -0.15) is 5.10 Å². The van der Waals surface area contributed by atoms with Gasteiger partial charge in [-0.3, -0.25) is 9.69 Å². The van der Waals surface area contributed by atoms with Gasteiger partial charge in [0.1, 0.15) is 17.4 Å². The lowest BCUT2D eigenvalue weighted by atomic mass is 9.84. The fourth-order valence-electron chi connectivity index (χ4n) is 4.98. The van der Waals surface area contributed by atoms with Gasteiger partial charge >= 0.3 is 0 Å². The number of anilines is 2. The van der Waals surface area contributed by atoms with E-state index in [0.29, 0.717) is 30.0 Å². The van der Waals surface area contributed by atoms with E-state index in [1.807, 2.05) is 24.0 Å². The summed E-state index contributed by atoms with van der Waals surface area (Å²) in [4.78, 5) is 21.4. The molecule has 2 saturated heterocycles. The number of nitrogens with zero attached hydrogens (tertiary/aromatic N) is 5. The lowest BCUT2D eigenvalue weighted by molar-refractivity contribution is -0.0309. The van der Waals surface area contributed by atoms with E-state index < -0.39 is 6.43 Å². The molecule has 3 aromatic rings. The number of aromatic nitrogens is 3. The molecular formula is C23H26F2N6O3. The molecule has 2 N–H and O–H groups in total. The number of halogens is 2. The van der Waals surface area contributed by atoms with Crippen molar-refractivity contribution in [1.82, 2.24) is 19.5 Å². The van der Waals surface area contributed by atoms with Crippen LogP contribution in [0.2, 0.25) is 0 Å². The first-order valence-electron chi connectivity index (χ1n) is 11.1. The monoisotopic (exact) mass is 472 g/mol. The highest BCUT2D eigenvalue weighted by atomic mass is 19.3. The molecule has 1 amide bonds. The minimum atomic E-state index is -2.32. The topological polar surface area (TPSA) is 95.2 Å². The highest BCUT2D eigenvalue weighted by Gasteiger charge is 2.52. The van der Waals surface area contributed by atoms with Crippen molar-refractivity contribution in [2.45, 2.75) is 38.0 Å². The van der Waals surface area contributed by atoms with Crippen LogP contribution >= 0.6 is 0 Å². The number of nitrogens with one attached hydrogen (secondary N) is 1. The number of rotatable bonds is 5. The van der Waals surface area contributed by atoms with Crippen LogP contribution < -0.4 is 15.0 Å². The van der Waals surface area contributed by atoms with E-state index in [2.05, 4.69) is 20.3 Å². The van der Waals surface area contributed by atoms with Gasteiger partial charge < -0.3 is 20.1 Å². The molecular weight excluding hydrogens is 446 g/mol. The molecule has 3 aliphatic heterocycles. The Balaban J connectivity index is 0.00000117. The fourth-order valence-corrected chi connectivity index (χ4v) is 4.98. The molecule has 0 saturated carbocycles. The number of fused-ring (bicyclic) bond motifs is 3. The second-order valence-corrected chi connectivity index (χ2v) is 8.64. The van der Waals surface area contributed by atoms with E-state index in [-0.39, 0.29) is 30.6 Å². The van der Waals surface area contributed by atoms with E-state index in [9.17, 15) is 13.6 Å². The van der Waals surface area contributed by atoms with E-state index >= 15 is 0 Å². The van der Waals surface area contributed by atoms with Gasteiger partial charge in [-0.15, -0.1) is 0 Å². The highest BCUT2D eigenvalue weighted by Crippen LogP contribution is 2.45. The fraction of sp³-hybridized carbons (Fsp3) is 0.435. The summed E-state index contributed by atoms with van der Waals surface area (Å²) in [6.07, 6.45) is 3.38. The molecule has 3 unspecified atom stereocenters. The molecule has 3 aliphatic rings. The maximum atomic E-state index is 13.1. The van der Waals surface area contributed by atoms with Gasteiger partial charge in [-0.05, 0) is 19.1 Å². The van der Waals surface area contributed by atoms with Crippen molar-refractivity contribution in [2.24, 2.45) is 0 Å². The lowest BCUT2D eigenvalue weighted by Crippen LogP contribution is -2.79. The van der Waals surface area contributed by atoms with Crippen molar-refractivity contribution < 1.29 is 23.4 Å². The molecule has 0 aliphatic carbocycles. The quantitative estimate of drug-likeness (QED) is 0.587. The van der Waals surface area contributed by atoms with Gasteiger partial charge in [0.05, 0.1) is 30.2 Å². The van der Waals surface area contributed by atoms with Gasteiger partial charge in [0.15, 0.2) is 5.65 Å². The number of carbonyl (C=O) groups excluding carboxylic acids is 1. The molecule has 11 heteroatoms. The van der Waals surface area contributed by atoms with Crippen LogP contribution in [0.5, 0.6) is 5.75 Å². The minimum Gasteiger partial charge on any atom is -0.490 e. The first kappa shape index (κ1) is 22.5. The SMILES string of the molecule is CC1Cc2cc(NC(=O)c3cnn4cccnc34)c(N3CC4C3CN4CC(F)F)cc2O1.CO. The van der Waals surface area contributed by atoms with Gasteiger partial charge in [-0.1, -0.05) is 0 Å². The number of benzene rings is 1. The first-order valence-corrected chi connectivity index (χ1v) is 11.1. The number of ether oxygens (including phenoxy) is 1. The normalized spacial score (nSPS) is 22.8. The second-order valence-electron chi connectivity index (χ2n) is 8.64. The summed E-state index contributed by atoms with van der Waals surface area (Å²) in [5.74, 6) is 0.521. The van der Waals surface area contributed by atoms with Crippen molar-refractivity contribution in [1.29, 1.82) is 0 Å². The van der Waals surface area contributed by atoms with Gasteiger partial charge in [0.25, 0.3) is 12.3 Å². The Morgan fingerprint density at radius 3 is 2.85 bits per heavy atom. The summed E-state index contributed by atoms with van der Waals surface area (Å²) in [7, 11) is 1.00. The van der Waals surface area contributed by atoms with Gasteiger partial charge in [0, 0.05) is 56.7 Å². The standard InChI is InChI=1S/C22H22F2N6O2.CH4O/c1-12-5-13-6-15(27-22(31)14-8-26-30-4-2-3-25-21(14)30)16(7-19(13)32-12)29-10-17-18(29)9-28(17)11-20(23)24;1-2/h2-4,6-8,12,17-18,20H,5,9-11H2,1H3,(H,27,31);2H,1H3. The first-order chi connectivity index (χ1) is 16.5. The van der Waals surface area contributed by atoms with Crippen molar-refractivity contribution in [2.75, 3.05) is 37.0 Å². The van der Waals surface area contributed by atoms with Crippen molar-refractivity contribution in [3.8, 4) is 5.75 Å². The van der Waals surface area contributed by atoms with E-state index in [1.165, 1.54) is 6.20 Å². The van der Waals surface area contributed by atoms with Crippen LogP contribution in [0.1, 0.15) is 22.8 Å². The second kappa shape index (κ2) is 8.80.